The van der Waals surface area contributed by atoms with Gasteiger partial charge in [0.1, 0.15) is 11.3 Å². The van der Waals surface area contributed by atoms with Gasteiger partial charge < -0.3 is 19.7 Å². The first kappa shape index (κ1) is 15.4. The molecule has 0 saturated heterocycles. The molecule has 0 radical (unpaired) electrons. The summed E-state index contributed by atoms with van der Waals surface area (Å²) in [6.07, 6.45) is 3.00. The Morgan fingerprint density at radius 2 is 1.77 bits per heavy atom. The summed E-state index contributed by atoms with van der Waals surface area (Å²) in [6.45, 7) is 0. The van der Waals surface area contributed by atoms with Crippen molar-refractivity contribution in [1.82, 2.24) is 0 Å². The summed E-state index contributed by atoms with van der Waals surface area (Å²) in [6, 6.07) is 10.5. The molecule has 0 spiro atoms. The van der Waals surface area contributed by atoms with E-state index in [1.807, 2.05) is 30.3 Å². The van der Waals surface area contributed by atoms with Crippen LogP contribution in [0.3, 0.4) is 0 Å². The molecule has 0 amide bonds. The molecule has 0 aliphatic carbocycles. The van der Waals surface area contributed by atoms with Crippen molar-refractivity contribution >= 4 is 11.9 Å². The Labute approximate surface area is 128 Å². The van der Waals surface area contributed by atoms with Crippen LogP contribution in [-0.2, 0) is 0 Å². The van der Waals surface area contributed by atoms with E-state index >= 15 is 0 Å². The molecule has 2 aromatic rings. The quantitative estimate of drug-likeness (QED) is 0.504. The van der Waals surface area contributed by atoms with Gasteiger partial charge in [-0.15, -0.1) is 0 Å². The van der Waals surface area contributed by atoms with Gasteiger partial charge in [0.2, 0.25) is 5.75 Å². The Hall–Kier alpha value is -2.95. The Morgan fingerprint density at radius 3 is 2.36 bits per heavy atom. The lowest BCUT2D eigenvalue weighted by atomic mass is 10.1. The van der Waals surface area contributed by atoms with Crippen LogP contribution in [0.5, 0.6) is 23.0 Å². The summed E-state index contributed by atoms with van der Waals surface area (Å²) in [7, 11) is 2.66. The van der Waals surface area contributed by atoms with Crippen molar-refractivity contribution in [3.05, 3.63) is 53.6 Å². The first-order valence-corrected chi connectivity index (χ1v) is 6.52. The molecule has 2 aromatic carbocycles. The van der Waals surface area contributed by atoms with Gasteiger partial charge in [-0.1, -0.05) is 36.4 Å². The van der Waals surface area contributed by atoms with E-state index in [-0.39, 0.29) is 17.1 Å². The molecule has 114 valence electrons. The third kappa shape index (κ3) is 3.03. The molecule has 5 nitrogen and oxygen atoms in total. The molecule has 0 fully saturated rings. The highest BCUT2D eigenvalue weighted by atomic mass is 16.5. The molecular weight excluding hydrogens is 284 g/mol. The second-order valence-corrected chi connectivity index (χ2v) is 4.46. The topological polar surface area (TPSA) is 76.0 Å². The van der Waals surface area contributed by atoms with Crippen molar-refractivity contribution in [1.29, 1.82) is 0 Å². The number of rotatable bonds is 5. The van der Waals surface area contributed by atoms with Crippen LogP contribution < -0.4 is 9.47 Å². The Bertz CT molecular complexity index is 705. The number of phenols is 2. The fraction of sp³-hybridized carbons (Fsp3) is 0.118. The van der Waals surface area contributed by atoms with Crippen LogP contribution in [0.1, 0.15) is 15.9 Å². The van der Waals surface area contributed by atoms with Crippen LogP contribution >= 0.6 is 0 Å². The first-order chi connectivity index (χ1) is 10.6. The zero-order chi connectivity index (χ0) is 16.1. The van der Waals surface area contributed by atoms with Crippen molar-refractivity contribution in [3.63, 3.8) is 0 Å². The zero-order valence-electron chi connectivity index (χ0n) is 12.2. The number of benzene rings is 2. The van der Waals surface area contributed by atoms with Gasteiger partial charge in [-0.2, -0.15) is 0 Å². The van der Waals surface area contributed by atoms with Gasteiger partial charge in [-0.3, -0.25) is 4.79 Å². The lowest BCUT2D eigenvalue weighted by Gasteiger charge is -2.13. The monoisotopic (exact) mass is 300 g/mol. The zero-order valence-corrected chi connectivity index (χ0v) is 12.2. The maximum absolute atomic E-state index is 12.4. The highest BCUT2D eigenvalue weighted by molar-refractivity contribution is 6.11. The van der Waals surface area contributed by atoms with Crippen LogP contribution in [0, 0.1) is 0 Å². The number of phenolic OH excluding ortho intramolecular Hbond substituents is 2. The molecule has 2 rings (SSSR count). The van der Waals surface area contributed by atoms with Crippen LogP contribution in [0.15, 0.2) is 42.5 Å². The normalized spacial score (nSPS) is 10.6. The summed E-state index contributed by atoms with van der Waals surface area (Å²) in [5.41, 5.74) is 0.907. The van der Waals surface area contributed by atoms with E-state index < -0.39 is 17.3 Å². The minimum atomic E-state index is -0.500. The highest BCUT2D eigenvalue weighted by Crippen LogP contribution is 2.44. The van der Waals surface area contributed by atoms with Crippen LogP contribution in [0.2, 0.25) is 0 Å². The number of carbonyl (C=O) groups excluding carboxylic acids is 1. The lowest BCUT2D eigenvalue weighted by molar-refractivity contribution is 0.104. The van der Waals surface area contributed by atoms with Crippen molar-refractivity contribution in [2.24, 2.45) is 0 Å². The van der Waals surface area contributed by atoms with E-state index in [9.17, 15) is 15.0 Å². The smallest absolute Gasteiger partial charge is 0.201 e. The number of carbonyl (C=O) groups is 1. The van der Waals surface area contributed by atoms with Crippen molar-refractivity contribution < 1.29 is 24.5 Å². The van der Waals surface area contributed by atoms with E-state index in [0.29, 0.717) is 0 Å². The van der Waals surface area contributed by atoms with Gasteiger partial charge in [0.05, 0.1) is 14.2 Å². The molecule has 0 atom stereocenters. The molecule has 0 unspecified atom stereocenters. The molecule has 0 heterocycles. The minimum absolute atomic E-state index is 0.0486. The average molecular weight is 300 g/mol. The highest BCUT2D eigenvalue weighted by Gasteiger charge is 2.23. The van der Waals surface area contributed by atoms with Crippen LogP contribution in [-0.4, -0.2) is 30.2 Å². The van der Waals surface area contributed by atoms with E-state index in [1.54, 1.807) is 6.08 Å². The third-order valence-corrected chi connectivity index (χ3v) is 3.10. The number of ketones is 1. The van der Waals surface area contributed by atoms with Gasteiger partial charge >= 0.3 is 0 Å². The minimum Gasteiger partial charge on any atom is -0.504 e. The molecule has 0 aliphatic rings. The summed E-state index contributed by atoms with van der Waals surface area (Å²) in [5, 5.41) is 19.4. The van der Waals surface area contributed by atoms with Gasteiger partial charge in [0.25, 0.3) is 0 Å². The Balaban J connectivity index is 2.45. The van der Waals surface area contributed by atoms with Gasteiger partial charge in [0, 0.05) is 6.07 Å². The van der Waals surface area contributed by atoms with E-state index in [4.69, 9.17) is 9.47 Å². The molecule has 0 aliphatic heterocycles. The van der Waals surface area contributed by atoms with E-state index in [1.165, 1.54) is 26.4 Å². The van der Waals surface area contributed by atoms with Crippen LogP contribution in [0.4, 0.5) is 0 Å². The van der Waals surface area contributed by atoms with Gasteiger partial charge in [-0.25, -0.2) is 0 Å². The summed E-state index contributed by atoms with van der Waals surface area (Å²) >= 11 is 0. The number of ether oxygens (including phenoxy) is 2. The van der Waals surface area contributed by atoms with E-state index in [2.05, 4.69) is 0 Å². The SMILES string of the molecule is COc1cc(O)c(O)c(OC)c1C(=O)C=Cc1ccccc1. The molecule has 0 aromatic heterocycles. The second kappa shape index (κ2) is 6.67. The standard InChI is InChI=1S/C17H16O5/c1-21-14-10-13(19)16(20)17(22-2)15(14)12(18)9-8-11-6-4-3-5-7-11/h3-10,19-20H,1-2H3. The predicted molar refractivity (Wildman–Crippen MR) is 82.7 cm³/mol. The number of allylic oxidation sites excluding steroid dienone is 1. The second-order valence-electron chi connectivity index (χ2n) is 4.46. The summed E-state index contributed by atoms with van der Waals surface area (Å²) < 4.78 is 10.1. The van der Waals surface area contributed by atoms with Crippen LogP contribution in [0.25, 0.3) is 6.08 Å². The van der Waals surface area contributed by atoms with Crippen molar-refractivity contribution in [2.75, 3.05) is 14.2 Å². The maximum Gasteiger partial charge on any atom is 0.201 e. The molecule has 0 saturated carbocycles. The predicted octanol–water partition coefficient (Wildman–Crippen LogP) is 3.01. The number of hydrogen-bond donors (Lipinski definition) is 2. The lowest BCUT2D eigenvalue weighted by Crippen LogP contribution is -2.03. The molecular formula is C17H16O5. The van der Waals surface area contributed by atoms with Crippen molar-refractivity contribution in [3.8, 4) is 23.0 Å². The number of methoxy groups -OCH3 is 2. The number of aromatic hydroxyl groups is 2. The maximum atomic E-state index is 12.4. The summed E-state index contributed by atoms with van der Waals surface area (Å²) in [4.78, 5) is 12.4. The Kier molecular flexibility index (Phi) is 4.68. The van der Waals surface area contributed by atoms with E-state index in [0.717, 1.165) is 5.56 Å². The molecule has 5 heteroatoms. The average Bonchev–Trinajstić information content (AvgIpc) is 2.55. The third-order valence-electron chi connectivity index (χ3n) is 3.10. The molecule has 22 heavy (non-hydrogen) atoms. The summed E-state index contributed by atoms with van der Waals surface area (Å²) in [5.74, 6) is -1.33. The largest absolute Gasteiger partial charge is 0.504 e. The fourth-order valence-corrected chi connectivity index (χ4v) is 2.02. The molecule has 2 N–H and O–H groups in total. The fourth-order valence-electron chi connectivity index (χ4n) is 2.02. The van der Waals surface area contributed by atoms with Crippen molar-refractivity contribution in [2.45, 2.75) is 0 Å². The first-order valence-electron chi connectivity index (χ1n) is 6.52. The van der Waals surface area contributed by atoms with Gasteiger partial charge in [0.15, 0.2) is 17.3 Å². The number of hydrogen-bond acceptors (Lipinski definition) is 5. The molecule has 0 bridgehead atoms. The van der Waals surface area contributed by atoms with Gasteiger partial charge in [-0.05, 0) is 11.6 Å². The Morgan fingerprint density at radius 1 is 1.09 bits per heavy atom.